The lowest BCUT2D eigenvalue weighted by molar-refractivity contribution is 0.393. The molecule has 5 nitrogen and oxygen atoms in total. The van der Waals surface area contributed by atoms with Gasteiger partial charge in [0.15, 0.2) is 5.96 Å². The van der Waals surface area contributed by atoms with Crippen LogP contribution >= 0.6 is 0 Å². The van der Waals surface area contributed by atoms with Crippen molar-refractivity contribution < 1.29 is 4.52 Å². The molecule has 66 valence electrons. The maximum atomic E-state index is 5.55. The number of aliphatic imine (C=N–C) groups is 1. The Morgan fingerprint density at radius 3 is 3.08 bits per heavy atom. The smallest absolute Gasteiger partial charge is 0.191 e. The first kappa shape index (κ1) is 8.58. The molecule has 0 saturated heterocycles. The molecule has 1 rings (SSSR count). The first-order valence-corrected chi connectivity index (χ1v) is 3.56. The molecular weight excluding hydrogens is 156 g/mol. The molecule has 0 unspecified atom stereocenters. The van der Waals surface area contributed by atoms with E-state index < -0.39 is 0 Å². The number of nitrogens with zero attached hydrogens (tertiary/aromatic N) is 3. The summed E-state index contributed by atoms with van der Waals surface area (Å²) in [6.07, 6.45) is 1.53. The topological polar surface area (TPSA) is 67.7 Å². The maximum absolute atomic E-state index is 5.55. The number of rotatable bonds is 2. The third-order valence-electron chi connectivity index (χ3n) is 1.51. The maximum Gasteiger partial charge on any atom is 0.191 e. The Kier molecular flexibility index (Phi) is 2.68. The predicted octanol–water partition coefficient (Wildman–Crippen LogP) is 0.0509. The van der Waals surface area contributed by atoms with E-state index in [0.29, 0.717) is 12.5 Å². The van der Waals surface area contributed by atoms with Crippen LogP contribution in [-0.2, 0) is 6.54 Å². The largest absolute Gasteiger partial charge is 0.370 e. The molecule has 5 heteroatoms. The molecule has 0 aromatic carbocycles. The average Bonchev–Trinajstić information content (AvgIpc) is 2.55. The molecule has 12 heavy (non-hydrogen) atoms. The molecule has 0 aliphatic carbocycles. The zero-order valence-corrected chi connectivity index (χ0v) is 7.19. The molecule has 0 aliphatic heterocycles. The quantitative estimate of drug-likeness (QED) is 0.500. The van der Waals surface area contributed by atoms with Gasteiger partial charge in [-0.2, -0.15) is 0 Å². The van der Waals surface area contributed by atoms with Crippen molar-refractivity contribution >= 4 is 5.96 Å². The van der Waals surface area contributed by atoms with Crippen LogP contribution in [0.25, 0.3) is 0 Å². The molecule has 0 aliphatic rings. The lowest BCUT2D eigenvalue weighted by Gasteiger charge is -2.15. The van der Waals surface area contributed by atoms with Gasteiger partial charge in [0.1, 0.15) is 12.0 Å². The molecule has 2 N–H and O–H groups in total. The summed E-state index contributed by atoms with van der Waals surface area (Å²) >= 11 is 0. The molecule has 0 bridgehead atoms. The zero-order valence-electron chi connectivity index (χ0n) is 7.19. The van der Waals surface area contributed by atoms with Gasteiger partial charge in [-0.15, -0.1) is 0 Å². The van der Waals surface area contributed by atoms with E-state index in [9.17, 15) is 0 Å². The molecular formula is C7H12N4O. The zero-order chi connectivity index (χ0) is 8.97. The van der Waals surface area contributed by atoms with Gasteiger partial charge in [-0.25, -0.2) is 0 Å². The number of guanidine groups is 1. The molecule has 0 saturated carbocycles. The van der Waals surface area contributed by atoms with Crippen molar-refractivity contribution in [2.45, 2.75) is 6.54 Å². The van der Waals surface area contributed by atoms with Crippen LogP contribution in [0.15, 0.2) is 21.8 Å². The fourth-order valence-electron chi connectivity index (χ4n) is 0.814. The van der Waals surface area contributed by atoms with Crippen LogP contribution in [0.1, 0.15) is 5.69 Å². The van der Waals surface area contributed by atoms with E-state index in [1.165, 1.54) is 6.26 Å². The fourth-order valence-corrected chi connectivity index (χ4v) is 0.814. The van der Waals surface area contributed by atoms with Gasteiger partial charge >= 0.3 is 0 Å². The van der Waals surface area contributed by atoms with Crippen molar-refractivity contribution in [3.8, 4) is 0 Å². The van der Waals surface area contributed by atoms with Crippen molar-refractivity contribution in [3.05, 3.63) is 18.0 Å². The minimum atomic E-state index is 0.484. The molecule has 0 amide bonds. The van der Waals surface area contributed by atoms with Gasteiger partial charge in [0.05, 0.1) is 6.54 Å². The van der Waals surface area contributed by atoms with E-state index in [4.69, 9.17) is 5.73 Å². The molecule has 0 fully saturated rings. The number of hydrogen-bond acceptors (Lipinski definition) is 3. The molecule has 0 spiro atoms. The standard InChI is InChI=1S/C7H12N4O/c1-9-7(8)11(2)5-6-3-4-12-10-6/h3-4H,5H2,1-2H3,(H2,8,9). The second-order valence-corrected chi connectivity index (χ2v) is 2.43. The van der Waals surface area contributed by atoms with Crippen LogP contribution in [0.4, 0.5) is 0 Å². The van der Waals surface area contributed by atoms with Gasteiger partial charge in [-0.05, 0) is 0 Å². The molecule has 1 heterocycles. The third kappa shape index (κ3) is 1.98. The molecule has 0 atom stereocenters. The van der Waals surface area contributed by atoms with E-state index in [2.05, 4.69) is 14.7 Å². The van der Waals surface area contributed by atoms with Crippen LogP contribution < -0.4 is 5.73 Å². The van der Waals surface area contributed by atoms with Crippen LogP contribution in [0.5, 0.6) is 0 Å². The number of nitrogens with two attached hydrogens (primary N) is 1. The molecule has 0 radical (unpaired) electrons. The fraction of sp³-hybridized carbons (Fsp3) is 0.429. The van der Waals surface area contributed by atoms with Crippen molar-refractivity contribution in [3.63, 3.8) is 0 Å². The summed E-state index contributed by atoms with van der Waals surface area (Å²) in [7, 11) is 3.49. The monoisotopic (exact) mass is 168 g/mol. The summed E-state index contributed by atoms with van der Waals surface area (Å²) in [5, 5.41) is 3.75. The average molecular weight is 168 g/mol. The van der Waals surface area contributed by atoms with Crippen molar-refractivity contribution in [2.24, 2.45) is 10.7 Å². The summed E-state index contributed by atoms with van der Waals surface area (Å²) in [5.41, 5.74) is 6.39. The van der Waals surface area contributed by atoms with E-state index in [-0.39, 0.29) is 0 Å². The Balaban J connectivity index is 2.53. The van der Waals surface area contributed by atoms with Crippen LogP contribution in [0.3, 0.4) is 0 Å². The lowest BCUT2D eigenvalue weighted by Crippen LogP contribution is -2.33. The summed E-state index contributed by atoms with van der Waals surface area (Å²) in [6.45, 7) is 0.611. The third-order valence-corrected chi connectivity index (χ3v) is 1.51. The van der Waals surface area contributed by atoms with E-state index in [1.54, 1.807) is 18.0 Å². The Hall–Kier alpha value is -1.52. The normalized spacial score (nSPS) is 11.7. The molecule has 1 aromatic heterocycles. The van der Waals surface area contributed by atoms with E-state index in [1.807, 2.05) is 7.05 Å². The van der Waals surface area contributed by atoms with Crippen LogP contribution in [0, 0.1) is 0 Å². The first-order chi connectivity index (χ1) is 5.74. The SMILES string of the molecule is CN=C(N)N(C)Cc1ccon1. The first-order valence-electron chi connectivity index (χ1n) is 3.56. The highest BCUT2D eigenvalue weighted by atomic mass is 16.5. The highest BCUT2D eigenvalue weighted by Gasteiger charge is 2.03. The van der Waals surface area contributed by atoms with Gasteiger partial charge in [0.2, 0.25) is 0 Å². The Morgan fingerprint density at radius 2 is 2.58 bits per heavy atom. The van der Waals surface area contributed by atoms with Crippen LogP contribution in [-0.4, -0.2) is 30.1 Å². The summed E-state index contributed by atoms with van der Waals surface area (Å²) in [4.78, 5) is 5.62. The van der Waals surface area contributed by atoms with E-state index >= 15 is 0 Å². The Labute approximate surface area is 70.9 Å². The van der Waals surface area contributed by atoms with Crippen molar-refractivity contribution in [1.82, 2.24) is 10.1 Å². The Bertz CT molecular complexity index is 254. The highest BCUT2D eigenvalue weighted by Crippen LogP contribution is 1.98. The van der Waals surface area contributed by atoms with Gasteiger partial charge in [0, 0.05) is 20.2 Å². The Morgan fingerprint density at radius 1 is 1.83 bits per heavy atom. The number of aromatic nitrogens is 1. The van der Waals surface area contributed by atoms with Gasteiger partial charge in [0.25, 0.3) is 0 Å². The van der Waals surface area contributed by atoms with Crippen molar-refractivity contribution in [2.75, 3.05) is 14.1 Å². The second kappa shape index (κ2) is 3.75. The summed E-state index contributed by atoms with van der Waals surface area (Å²) in [5.74, 6) is 0.484. The van der Waals surface area contributed by atoms with Gasteiger partial charge < -0.3 is 15.2 Å². The highest BCUT2D eigenvalue weighted by molar-refractivity contribution is 5.77. The minimum Gasteiger partial charge on any atom is -0.370 e. The van der Waals surface area contributed by atoms with Crippen LogP contribution in [0.2, 0.25) is 0 Å². The minimum absolute atomic E-state index is 0.484. The summed E-state index contributed by atoms with van der Waals surface area (Å²) < 4.78 is 4.67. The summed E-state index contributed by atoms with van der Waals surface area (Å²) in [6, 6.07) is 1.79. The van der Waals surface area contributed by atoms with Gasteiger partial charge in [-0.1, -0.05) is 5.16 Å². The predicted molar refractivity (Wildman–Crippen MR) is 45.5 cm³/mol. The van der Waals surface area contributed by atoms with E-state index in [0.717, 1.165) is 5.69 Å². The second-order valence-electron chi connectivity index (χ2n) is 2.43. The lowest BCUT2D eigenvalue weighted by atomic mass is 10.4. The van der Waals surface area contributed by atoms with Gasteiger partial charge in [-0.3, -0.25) is 4.99 Å². The number of hydrogen-bond donors (Lipinski definition) is 1. The van der Waals surface area contributed by atoms with Crippen molar-refractivity contribution in [1.29, 1.82) is 0 Å². The molecule has 1 aromatic rings.